The second kappa shape index (κ2) is 10.3. The first kappa shape index (κ1) is 29.1. The summed E-state index contributed by atoms with van der Waals surface area (Å²) in [6.45, 7) is -6.63. The third kappa shape index (κ3) is 4.53. The molecule has 0 amide bonds. The van der Waals surface area contributed by atoms with Gasteiger partial charge in [-0.2, -0.15) is 9.67 Å². The molecule has 2 fully saturated rings. The first-order valence-electron chi connectivity index (χ1n) is 12.0. The van der Waals surface area contributed by atoms with Crippen LogP contribution in [0.2, 0.25) is 0 Å². The van der Waals surface area contributed by atoms with Gasteiger partial charge in [-0.3, -0.25) is 23.4 Å². The van der Waals surface area contributed by atoms with Gasteiger partial charge in [-0.25, -0.2) is 28.3 Å². The number of aromatic amines is 1. The van der Waals surface area contributed by atoms with Crippen molar-refractivity contribution in [1.29, 1.82) is 0 Å². The van der Waals surface area contributed by atoms with Crippen LogP contribution in [0.3, 0.4) is 0 Å². The number of hydrogen-bond acceptors (Lipinski definition) is 16. The third-order valence-corrected chi connectivity index (χ3v) is 9.88. The van der Waals surface area contributed by atoms with Crippen LogP contribution >= 0.6 is 30.8 Å². The zero-order chi connectivity index (χ0) is 30.0. The summed E-state index contributed by atoms with van der Waals surface area (Å²) in [6, 6.07) is 0. The van der Waals surface area contributed by atoms with Gasteiger partial charge >= 0.3 is 6.80 Å². The lowest BCUT2D eigenvalue weighted by Crippen LogP contribution is -2.46. The summed E-state index contributed by atoms with van der Waals surface area (Å²) in [7, 11) is 0. The van der Waals surface area contributed by atoms with Crippen molar-refractivity contribution in [3.8, 4) is 0 Å². The predicted molar refractivity (Wildman–Crippen MR) is 145 cm³/mol. The van der Waals surface area contributed by atoms with E-state index < -0.39 is 67.3 Å². The highest BCUT2D eigenvalue weighted by atomic mass is 32.7. The Morgan fingerprint density at radius 2 is 2.10 bits per heavy atom. The normalized spacial score (nSPS) is 31.3. The molecule has 18 nitrogen and oxygen atoms in total. The minimum absolute atomic E-state index is 0.00152. The van der Waals surface area contributed by atoms with Crippen LogP contribution in [-0.4, -0.2) is 104 Å². The number of thiol groups is 1. The zero-order valence-electron chi connectivity index (χ0n) is 21.0. The van der Waals surface area contributed by atoms with Crippen molar-refractivity contribution in [1.82, 2.24) is 44.5 Å². The van der Waals surface area contributed by atoms with Gasteiger partial charge in [0.05, 0.1) is 24.8 Å². The fourth-order valence-corrected chi connectivity index (χ4v) is 7.82. The number of H-pyrrole nitrogens is 1. The number of nitrogens with one attached hydrogen (secondary N) is 1. The van der Waals surface area contributed by atoms with Crippen molar-refractivity contribution in [2.24, 2.45) is 0 Å². The number of rotatable bonds is 8. The summed E-state index contributed by atoms with van der Waals surface area (Å²) >= 11 is 4.94. The molecule has 6 heterocycles. The van der Waals surface area contributed by atoms with E-state index in [1.807, 2.05) is 0 Å². The lowest BCUT2D eigenvalue weighted by molar-refractivity contribution is -0.0676. The van der Waals surface area contributed by atoms with Crippen LogP contribution in [0.25, 0.3) is 22.3 Å². The molecule has 4 aromatic rings. The fourth-order valence-electron chi connectivity index (χ4n) is 4.77. The Morgan fingerprint density at radius 1 is 1.31 bits per heavy atom. The summed E-state index contributed by atoms with van der Waals surface area (Å²) in [6.07, 6.45) is -3.28. The van der Waals surface area contributed by atoms with E-state index in [1.54, 1.807) is 0 Å². The summed E-state index contributed by atoms with van der Waals surface area (Å²) in [5.41, 5.74) is 7.99. The van der Waals surface area contributed by atoms with Crippen LogP contribution in [0.5, 0.6) is 0 Å². The number of nitrogen functional groups attached to an aromatic ring is 2. The Bertz CT molecular complexity index is 1780. The maximum atomic E-state index is 16.0. The molecule has 6 rings (SSSR count). The molecule has 0 aromatic carbocycles. The molecule has 7 N–H and O–H groups in total. The lowest BCUT2D eigenvalue weighted by atomic mass is 10.1. The number of thioether (sulfide) groups is 1. The van der Waals surface area contributed by atoms with E-state index in [1.165, 1.54) is 0 Å². The number of nitrogens with zero attached hydrogens (tertiary/aromatic N) is 8. The number of fused-ring (bicyclic) bond motifs is 2. The Morgan fingerprint density at radius 3 is 2.83 bits per heavy atom. The molecule has 2 aliphatic heterocycles. The Labute approximate surface area is 241 Å². The van der Waals surface area contributed by atoms with Gasteiger partial charge in [0.2, 0.25) is 5.95 Å². The van der Waals surface area contributed by atoms with Gasteiger partial charge in [-0.15, -0.1) is 16.9 Å². The molecule has 1 unspecified atom stereocenters. The van der Waals surface area contributed by atoms with E-state index in [4.69, 9.17) is 25.3 Å². The van der Waals surface area contributed by atoms with Crippen molar-refractivity contribution in [3.63, 3.8) is 0 Å². The lowest BCUT2D eigenvalue weighted by Gasteiger charge is -2.34. The second-order valence-corrected chi connectivity index (χ2v) is 13.5. The Hall–Kier alpha value is -2.98. The maximum absolute atomic E-state index is 16.0. The monoisotopic (exact) mass is 649 g/mol. The van der Waals surface area contributed by atoms with Crippen molar-refractivity contribution < 1.29 is 37.3 Å². The topological polar surface area (TPSA) is 257 Å². The number of aliphatic hydroxyl groups is 2. The van der Waals surface area contributed by atoms with Gasteiger partial charge in [-0.1, -0.05) is 17.5 Å². The molecule has 0 bridgehead atoms. The molecule has 4 aromatic heterocycles. The summed E-state index contributed by atoms with van der Waals surface area (Å²) in [5.74, 6) is -3.28. The first-order valence-corrected chi connectivity index (χ1v) is 15.7. The molecule has 2 saturated heterocycles. The van der Waals surface area contributed by atoms with Crippen LogP contribution in [0.4, 0.5) is 20.5 Å². The maximum Gasteiger partial charge on any atom is 0.388 e. The van der Waals surface area contributed by atoms with Crippen LogP contribution in [-0.2, 0) is 29.9 Å². The molecule has 0 spiro atoms. The number of hydrogen-bond donors (Lipinski definition) is 6. The van der Waals surface area contributed by atoms with E-state index in [0.29, 0.717) is 4.68 Å². The molecule has 0 radical (unpaired) electrons. The largest absolute Gasteiger partial charge is 0.395 e. The van der Waals surface area contributed by atoms with Gasteiger partial charge in [0.25, 0.3) is 11.4 Å². The van der Waals surface area contributed by atoms with Crippen LogP contribution in [0.15, 0.2) is 17.4 Å². The molecule has 0 aliphatic carbocycles. The number of aromatic nitrogens is 9. The van der Waals surface area contributed by atoms with Crippen LogP contribution in [0.1, 0.15) is 0 Å². The van der Waals surface area contributed by atoms with E-state index >= 15 is 8.78 Å². The van der Waals surface area contributed by atoms with E-state index in [9.17, 15) is 19.6 Å². The van der Waals surface area contributed by atoms with Crippen LogP contribution in [0, 0.1) is 0 Å². The predicted octanol–water partition coefficient (Wildman–Crippen LogP) is -0.929. The number of anilines is 2. The van der Waals surface area contributed by atoms with Gasteiger partial charge in [0.1, 0.15) is 25.1 Å². The minimum atomic E-state index is -4.57. The number of halogens is 2. The number of imidazole rings is 1. The highest BCUT2D eigenvalue weighted by Crippen LogP contribution is 2.61. The molecular weight excluding hydrogens is 627 g/mol. The summed E-state index contributed by atoms with van der Waals surface area (Å²) in [5, 5.41) is 26.9. The quantitative estimate of drug-likeness (QED) is 0.0995. The van der Waals surface area contributed by atoms with E-state index in [2.05, 4.69) is 47.5 Å². The van der Waals surface area contributed by atoms with Crippen molar-refractivity contribution >= 4 is 64.9 Å². The number of aliphatic hydroxyl groups excluding tert-OH is 2. The SMILES string of the molecule is Nc1nc2c(ncn2[C@@]2(OP(=O)(S)OC[C@H]3OC[C@@](F)(n4nnc5c(N)ncnc54)[C@@H]3O)CS[C@H](CO)[C@@H]2F)c(=O)[nH]1. The van der Waals surface area contributed by atoms with Crippen molar-refractivity contribution in [2.45, 2.75) is 35.1 Å². The van der Waals surface area contributed by atoms with Crippen molar-refractivity contribution in [3.05, 3.63) is 23.0 Å². The van der Waals surface area contributed by atoms with Crippen molar-refractivity contribution in [2.75, 3.05) is 37.0 Å². The smallest absolute Gasteiger partial charge is 0.388 e. The molecular formula is C19H22F2N11O7PS2. The highest BCUT2D eigenvalue weighted by molar-refractivity contribution is 8.44. The summed E-state index contributed by atoms with van der Waals surface area (Å²) in [4.78, 5) is 30.2. The first-order chi connectivity index (χ1) is 19.9. The standard InChI is InChI=1S/C19H22F2N11O7PS2/c20-11-8(1-33)42-4-19(11,31-6-26-10-15(31)27-17(23)28-16(10)35)39-40(36,41)38-2-7-12(34)18(21,3-37-7)32-14-9(29-30-32)13(22)24-5-25-14/h5-8,11-12,33-34H,1-4H2,(H,36,41)(H2,22,24,25)(H3,23,27,28,35)/t7-,8-,11+,12-,18-,19-,40?/m1/s1. The molecule has 226 valence electrons. The van der Waals surface area contributed by atoms with E-state index in [0.717, 1.165) is 29.0 Å². The van der Waals surface area contributed by atoms with Gasteiger partial charge < -0.3 is 26.4 Å². The Kier molecular flexibility index (Phi) is 7.16. The van der Waals surface area contributed by atoms with Crippen LogP contribution < -0.4 is 17.0 Å². The summed E-state index contributed by atoms with van der Waals surface area (Å²) < 4.78 is 63.5. The molecule has 2 aliphatic rings. The van der Waals surface area contributed by atoms with Gasteiger partial charge in [-0.05, 0) is 0 Å². The van der Waals surface area contributed by atoms with E-state index in [-0.39, 0.29) is 39.8 Å². The molecule has 23 heteroatoms. The minimum Gasteiger partial charge on any atom is -0.395 e. The molecule has 7 atom stereocenters. The molecule has 42 heavy (non-hydrogen) atoms. The zero-order valence-corrected chi connectivity index (χ0v) is 23.6. The third-order valence-electron chi connectivity index (χ3n) is 6.87. The average molecular weight is 650 g/mol. The number of nitrogens with two attached hydrogens (primary N) is 2. The average Bonchev–Trinajstić information content (AvgIpc) is 3.70. The Balaban J connectivity index is 1.25. The van der Waals surface area contributed by atoms with Gasteiger partial charge in [0.15, 0.2) is 40.0 Å². The van der Waals surface area contributed by atoms with Gasteiger partial charge in [0, 0.05) is 5.75 Å². The number of alkyl halides is 2. The fraction of sp³-hybridized carbons (Fsp3) is 0.526. The molecule has 0 saturated carbocycles. The highest BCUT2D eigenvalue weighted by Gasteiger charge is 2.58. The second-order valence-electron chi connectivity index (χ2n) is 9.42. The number of ether oxygens (including phenoxy) is 1.